The number of nitrogens with one attached hydrogen (secondary N) is 2. The molecular weight excluding hydrogens is 470 g/mol. The lowest BCUT2D eigenvalue weighted by Crippen LogP contribution is -2.37. The number of methoxy groups -OCH3 is 1. The number of likely N-dealkylation sites (tertiary alicyclic amines) is 1. The van der Waals surface area contributed by atoms with Crippen molar-refractivity contribution in [3.63, 3.8) is 0 Å². The van der Waals surface area contributed by atoms with Gasteiger partial charge in [0.05, 0.1) is 7.11 Å². The largest absolute Gasteiger partial charge is 0.497 e. The molecule has 1 amide bonds. The van der Waals surface area contributed by atoms with Crippen molar-refractivity contribution in [2.75, 3.05) is 24.9 Å². The summed E-state index contributed by atoms with van der Waals surface area (Å²) in [7, 11) is -1.99. The second-order valence-electron chi connectivity index (χ2n) is 8.34. The molecule has 0 saturated carbocycles. The van der Waals surface area contributed by atoms with Crippen LogP contribution in [-0.2, 0) is 10.0 Å². The third kappa shape index (κ3) is 4.41. The Morgan fingerprint density at radius 3 is 2.68 bits per heavy atom. The second-order valence-corrected chi connectivity index (χ2v) is 11.2. The molecule has 34 heavy (non-hydrogen) atoms. The SMILES string of the molecule is COc1ccc2[nH]cc(C3CCN(C(=O)c4cccc(NS(=O)(=O)c5cccs5)c4)CC3)c2c1. The van der Waals surface area contributed by atoms with Gasteiger partial charge in [-0.25, -0.2) is 8.42 Å². The zero-order valence-electron chi connectivity index (χ0n) is 18.7. The van der Waals surface area contributed by atoms with E-state index in [0.717, 1.165) is 40.8 Å². The summed E-state index contributed by atoms with van der Waals surface area (Å²) >= 11 is 1.15. The van der Waals surface area contributed by atoms with E-state index >= 15 is 0 Å². The van der Waals surface area contributed by atoms with Gasteiger partial charge in [0.2, 0.25) is 0 Å². The van der Waals surface area contributed by atoms with Gasteiger partial charge in [0.25, 0.3) is 15.9 Å². The van der Waals surface area contributed by atoms with E-state index in [4.69, 9.17) is 4.74 Å². The Labute approximate surface area is 202 Å². The molecule has 0 aliphatic carbocycles. The van der Waals surface area contributed by atoms with Crippen molar-refractivity contribution in [2.24, 2.45) is 0 Å². The number of amides is 1. The van der Waals surface area contributed by atoms with Crippen LogP contribution < -0.4 is 9.46 Å². The van der Waals surface area contributed by atoms with Crippen molar-refractivity contribution in [3.8, 4) is 5.75 Å². The Bertz CT molecular complexity index is 1420. The Morgan fingerprint density at radius 1 is 1.12 bits per heavy atom. The number of benzene rings is 2. The minimum atomic E-state index is -3.66. The van der Waals surface area contributed by atoms with E-state index in [9.17, 15) is 13.2 Å². The van der Waals surface area contributed by atoms with Crippen LogP contribution in [0.3, 0.4) is 0 Å². The molecule has 3 heterocycles. The molecule has 1 aliphatic rings. The number of ether oxygens (including phenoxy) is 1. The lowest BCUT2D eigenvalue weighted by atomic mass is 9.89. The molecule has 0 spiro atoms. The van der Waals surface area contributed by atoms with Gasteiger partial charge in [-0.1, -0.05) is 12.1 Å². The molecule has 0 atom stereocenters. The molecule has 0 radical (unpaired) electrons. The van der Waals surface area contributed by atoms with Gasteiger partial charge in [-0.2, -0.15) is 0 Å². The minimum Gasteiger partial charge on any atom is -0.497 e. The molecule has 2 aromatic carbocycles. The van der Waals surface area contributed by atoms with Crippen molar-refractivity contribution in [3.05, 3.63) is 77.3 Å². The highest BCUT2D eigenvalue weighted by Crippen LogP contribution is 2.35. The highest BCUT2D eigenvalue weighted by Gasteiger charge is 2.26. The number of fused-ring (bicyclic) bond motifs is 1. The lowest BCUT2D eigenvalue weighted by Gasteiger charge is -2.32. The topological polar surface area (TPSA) is 91.5 Å². The van der Waals surface area contributed by atoms with E-state index in [1.807, 2.05) is 17.0 Å². The number of anilines is 1. The lowest BCUT2D eigenvalue weighted by molar-refractivity contribution is 0.0713. The van der Waals surface area contributed by atoms with Gasteiger partial charge in [-0.3, -0.25) is 9.52 Å². The average Bonchev–Trinajstić information content (AvgIpc) is 3.54. The van der Waals surface area contributed by atoms with Crippen molar-refractivity contribution < 1.29 is 17.9 Å². The second kappa shape index (κ2) is 9.15. The summed E-state index contributed by atoms with van der Waals surface area (Å²) in [5, 5.41) is 2.88. The standard InChI is InChI=1S/C25H25N3O4S2/c1-32-20-7-8-23-21(15-20)22(16-26-23)17-9-11-28(12-10-17)25(29)18-4-2-5-19(14-18)27-34(30,31)24-6-3-13-33-24/h2-8,13-17,26-27H,9-12H2,1H3. The highest BCUT2D eigenvalue weighted by molar-refractivity contribution is 7.94. The fourth-order valence-electron chi connectivity index (χ4n) is 4.50. The van der Waals surface area contributed by atoms with Crippen molar-refractivity contribution in [1.29, 1.82) is 0 Å². The number of aromatic nitrogens is 1. The van der Waals surface area contributed by atoms with Gasteiger partial charge < -0.3 is 14.6 Å². The van der Waals surface area contributed by atoms with Gasteiger partial charge in [-0.05, 0) is 72.2 Å². The zero-order chi connectivity index (χ0) is 23.7. The number of hydrogen-bond donors (Lipinski definition) is 2. The number of hydrogen-bond acceptors (Lipinski definition) is 5. The number of thiophene rings is 1. The van der Waals surface area contributed by atoms with Gasteiger partial charge in [0.1, 0.15) is 9.96 Å². The zero-order valence-corrected chi connectivity index (χ0v) is 20.3. The van der Waals surface area contributed by atoms with Gasteiger partial charge >= 0.3 is 0 Å². The highest BCUT2D eigenvalue weighted by atomic mass is 32.2. The smallest absolute Gasteiger partial charge is 0.271 e. The molecule has 0 bridgehead atoms. The average molecular weight is 496 g/mol. The number of sulfonamides is 1. The monoisotopic (exact) mass is 495 g/mol. The van der Waals surface area contributed by atoms with E-state index in [1.165, 1.54) is 5.56 Å². The third-order valence-corrected chi connectivity index (χ3v) is 9.04. The first-order chi connectivity index (χ1) is 16.4. The van der Waals surface area contributed by atoms with Crippen molar-refractivity contribution in [2.45, 2.75) is 23.0 Å². The van der Waals surface area contributed by atoms with Crippen LogP contribution in [0.25, 0.3) is 10.9 Å². The Hall–Kier alpha value is -3.30. The summed E-state index contributed by atoms with van der Waals surface area (Å²) in [5.41, 5.74) is 3.19. The molecule has 176 valence electrons. The first-order valence-corrected chi connectivity index (χ1v) is 13.4. The van der Waals surface area contributed by atoms with Gasteiger partial charge in [0.15, 0.2) is 0 Å². The molecule has 7 nitrogen and oxygen atoms in total. The first-order valence-electron chi connectivity index (χ1n) is 11.1. The number of nitrogens with zero attached hydrogens (tertiary/aromatic N) is 1. The van der Waals surface area contributed by atoms with E-state index in [2.05, 4.69) is 22.0 Å². The van der Waals surface area contributed by atoms with E-state index in [1.54, 1.807) is 48.9 Å². The maximum Gasteiger partial charge on any atom is 0.271 e. The maximum atomic E-state index is 13.2. The van der Waals surface area contributed by atoms with E-state index in [0.29, 0.717) is 30.3 Å². The van der Waals surface area contributed by atoms with Crippen LogP contribution in [0, 0.1) is 0 Å². The summed E-state index contributed by atoms with van der Waals surface area (Å²) in [5.74, 6) is 1.10. The van der Waals surface area contributed by atoms with Crippen LogP contribution in [0.15, 0.2) is 70.4 Å². The quantitative estimate of drug-likeness (QED) is 0.391. The van der Waals surface area contributed by atoms with Crippen LogP contribution in [0.4, 0.5) is 5.69 Å². The van der Waals surface area contributed by atoms with Crippen LogP contribution in [0.5, 0.6) is 5.75 Å². The maximum absolute atomic E-state index is 13.2. The molecule has 4 aromatic rings. The summed E-state index contributed by atoms with van der Waals surface area (Å²) < 4.78 is 33.2. The number of carbonyl (C=O) groups is 1. The number of H-pyrrole nitrogens is 1. The Balaban J connectivity index is 1.27. The summed E-state index contributed by atoms with van der Waals surface area (Å²) in [6.07, 6.45) is 3.79. The van der Waals surface area contributed by atoms with Crippen LogP contribution in [0.1, 0.15) is 34.7 Å². The summed E-state index contributed by atoms with van der Waals surface area (Å²) in [6, 6.07) is 15.9. The third-order valence-electron chi connectivity index (χ3n) is 6.26. The molecule has 1 saturated heterocycles. The first kappa shape index (κ1) is 22.5. The fraction of sp³-hybridized carbons (Fsp3) is 0.240. The van der Waals surface area contributed by atoms with Crippen molar-refractivity contribution >= 4 is 43.9 Å². The predicted octanol–water partition coefficient (Wildman–Crippen LogP) is 5.06. The number of aromatic amines is 1. The molecule has 0 unspecified atom stereocenters. The van der Waals surface area contributed by atoms with Crippen LogP contribution in [0.2, 0.25) is 0 Å². The molecule has 9 heteroatoms. The van der Waals surface area contributed by atoms with E-state index in [-0.39, 0.29) is 10.1 Å². The Kier molecular flexibility index (Phi) is 6.05. The van der Waals surface area contributed by atoms with Crippen LogP contribution in [-0.4, -0.2) is 44.4 Å². The molecule has 1 fully saturated rings. The van der Waals surface area contributed by atoms with Crippen LogP contribution >= 0.6 is 11.3 Å². The van der Waals surface area contributed by atoms with Gasteiger partial charge in [-0.15, -0.1) is 11.3 Å². The summed E-state index contributed by atoms with van der Waals surface area (Å²) in [6.45, 7) is 1.29. The molecule has 2 aromatic heterocycles. The molecule has 1 aliphatic heterocycles. The minimum absolute atomic E-state index is 0.0868. The molecule has 2 N–H and O–H groups in total. The normalized spacial score (nSPS) is 14.9. The van der Waals surface area contributed by atoms with Crippen molar-refractivity contribution in [1.82, 2.24) is 9.88 Å². The van der Waals surface area contributed by atoms with Gasteiger partial charge in [0, 0.05) is 41.4 Å². The van der Waals surface area contributed by atoms with E-state index < -0.39 is 10.0 Å². The number of piperidine rings is 1. The summed E-state index contributed by atoms with van der Waals surface area (Å²) in [4.78, 5) is 18.3. The Morgan fingerprint density at radius 2 is 1.94 bits per heavy atom. The predicted molar refractivity (Wildman–Crippen MR) is 134 cm³/mol. The molecule has 5 rings (SSSR count). The fourth-order valence-corrected chi connectivity index (χ4v) is 6.54. The number of carbonyl (C=O) groups excluding carboxylic acids is 1. The number of rotatable bonds is 6. The molecular formula is C25H25N3O4S2.